The zero-order chi connectivity index (χ0) is 14.3. The maximum absolute atomic E-state index is 5.45. The standard InChI is InChI=1S/C15H13BrN2OS/c1-9-5-10(16)7-11(6-9)18-14-8-12(19-2)3-4-13(14)17-15(18)20/h3-8H,1-2H3,(H,17,20). The third kappa shape index (κ3) is 2.27. The molecule has 20 heavy (non-hydrogen) atoms. The molecule has 3 aromatic rings. The van der Waals surface area contributed by atoms with Crippen LogP contribution in [0.2, 0.25) is 0 Å². The molecule has 0 saturated heterocycles. The molecule has 1 heterocycles. The van der Waals surface area contributed by atoms with E-state index in [1.807, 2.05) is 22.8 Å². The minimum absolute atomic E-state index is 0.672. The highest BCUT2D eigenvalue weighted by molar-refractivity contribution is 9.10. The molecule has 1 N–H and O–H groups in total. The molecule has 0 fully saturated rings. The Morgan fingerprint density at radius 1 is 1.20 bits per heavy atom. The Hall–Kier alpha value is -1.59. The Balaban J connectivity index is 2.34. The molecule has 1 aromatic heterocycles. The Labute approximate surface area is 130 Å². The highest BCUT2D eigenvalue weighted by atomic mass is 79.9. The fourth-order valence-electron chi connectivity index (χ4n) is 2.31. The topological polar surface area (TPSA) is 29.9 Å². The number of H-pyrrole nitrogens is 1. The number of halogens is 1. The highest BCUT2D eigenvalue weighted by Gasteiger charge is 2.08. The van der Waals surface area contributed by atoms with Gasteiger partial charge < -0.3 is 9.72 Å². The number of ether oxygens (including phenoxy) is 1. The van der Waals surface area contributed by atoms with Gasteiger partial charge in [-0.05, 0) is 55.0 Å². The van der Waals surface area contributed by atoms with Gasteiger partial charge in [-0.25, -0.2) is 0 Å². The lowest BCUT2D eigenvalue weighted by atomic mass is 10.2. The molecular weight excluding hydrogens is 336 g/mol. The molecule has 3 nitrogen and oxygen atoms in total. The van der Waals surface area contributed by atoms with E-state index in [2.05, 4.69) is 46.0 Å². The average molecular weight is 349 g/mol. The van der Waals surface area contributed by atoms with E-state index in [9.17, 15) is 0 Å². The molecular formula is C15H13BrN2OS. The Morgan fingerprint density at radius 2 is 2.00 bits per heavy atom. The van der Waals surface area contributed by atoms with E-state index < -0.39 is 0 Å². The Morgan fingerprint density at radius 3 is 2.70 bits per heavy atom. The second-order valence-corrected chi connectivity index (χ2v) is 5.94. The van der Waals surface area contributed by atoms with Crippen LogP contribution in [-0.2, 0) is 0 Å². The number of imidazole rings is 1. The van der Waals surface area contributed by atoms with Crippen molar-refractivity contribution in [3.63, 3.8) is 0 Å². The average Bonchev–Trinajstić information content (AvgIpc) is 2.72. The molecule has 0 bridgehead atoms. The van der Waals surface area contributed by atoms with Crippen LogP contribution in [0.4, 0.5) is 0 Å². The van der Waals surface area contributed by atoms with Gasteiger partial charge in [0, 0.05) is 16.2 Å². The number of aromatic amines is 1. The van der Waals surface area contributed by atoms with Crippen molar-refractivity contribution in [1.82, 2.24) is 9.55 Å². The van der Waals surface area contributed by atoms with Crippen LogP contribution in [0.3, 0.4) is 0 Å². The summed E-state index contributed by atoms with van der Waals surface area (Å²) in [6.45, 7) is 2.06. The lowest BCUT2D eigenvalue weighted by Gasteiger charge is -2.08. The van der Waals surface area contributed by atoms with Crippen LogP contribution in [0.15, 0.2) is 40.9 Å². The van der Waals surface area contributed by atoms with Crippen molar-refractivity contribution in [1.29, 1.82) is 0 Å². The summed E-state index contributed by atoms with van der Waals surface area (Å²) in [7, 11) is 1.66. The summed E-state index contributed by atoms with van der Waals surface area (Å²) in [4.78, 5) is 3.22. The second kappa shape index (κ2) is 5.07. The van der Waals surface area contributed by atoms with Gasteiger partial charge in [0.15, 0.2) is 4.77 Å². The summed E-state index contributed by atoms with van der Waals surface area (Å²) in [5.41, 5.74) is 4.20. The first-order chi connectivity index (χ1) is 9.58. The molecule has 0 unspecified atom stereocenters. The van der Waals surface area contributed by atoms with Crippen molar-refractivity contribution in [2.75, 3.05) is 7.11 Å². The first-order valence-electron chi connectivity index (χ1n) is 6.15. The van der Waals surface area contributed by atoms with Crippen molar-refractivity contribution >= 4 is 39.2 Å². The van der Waals surface area contributed by atoms with Crippen molar-refractivity contribution < 1.29 is 4.74 Å². The molecule has 0 radical (unpaired) electrons. The fraction of sp³-hybridized carbons (Fsp3) is 0.133. The third-order valence-electron chi connectivity index (χ3n) is 3.18. The van der Waals surface area contributed by atoms with E-state index >= 15 is 0 Å². The summed E-state index contributed by atoms with van der Waals surface area (Å²) in [6.07, 6.45) is 0. The van der Waals surface area contributed by atoms with Crippen LogP contribution in [0.25, 0.3) is 16.7 Å². The van der Waals surface area contributed by atoms with Crippen LogP contribution in [0.5, 0.6) is 5.75 Å². The zero-order valence-corrected chi connectivity index (χ0v) is 13.5. The Kier molecular flexibility index (Phi) is 3.40. The molecule has 0 aliphatic carbocycles. The Bertz CT molecular complexity index is 830. The molecule has 102 valence electrons. The van der Waals surface area contributed by atoms with E-state index in [1.54, 1.807) is 7.11 Å². The lowest BCUT2D eigenvalue weighted by molar-refractivity contribution is 0.415. The predicted molar refractivity (Wildman–Crippen MR) is 87.4 cm³/mol. The van der Waals surface area contributed by atoms with Crippen LogP contribution < -0.4 is 4.74 Å². The molecule has 3 rings (SSSR count). The van der Waals surface area contributed by atoms with Crippen molar-refractivity contribution in [3.05, 3.63) is 51.2 Å². The van der Waals surface area contributed by atoms with E-state index in [0.717, 1.165) is 26.9 Å². The van der Waals surface area contributed by atoms with Gasteiger partial charge in [-0.3, -0.25) is 4.57 Å². The second-order valence-electron chi connectivity index (χ2n) is 4.64. The van der Waals surface area contributed by atoms with Gasteiger partial charge in [-0.1, -0.05) is 15.9 Å². The number of methoxy groups -OCH3 is 1. The van der Waals surface area contributed by atoms with Crippen LogP contribution in [0, 0.1) is 11.7 Å². The fourth-order valence-corrected chi connectivity index (χ4v) is 3.22. The summed E-state index contributed by atoms with van der Waals surface area (Å²) >= 11 is 8.99. The number of benzene rings is 2. The van der Waals surface area contributed by atoms with Crippen LogP contribution >= 0.6 is 28.1 Å². The van der Waals surface area contributed by atoms with Gasteiger partial charge >= 0.3 is 0 Å². The monoisotopic (exact) mass is 348 g/mol. The van der Waals surface area contributed by atoms with E-state index in [4.69, 9.17) is 17.0 Å². The number of hydrogen-bond donors (Lipinski definition) is 1. The molecule has 0 saturated carbocycles. The lowest BCUT2D eigenvalue weighted by Crippen LogP contribution is -1.95. The number of aromatic nitrogens is 2. The van der Waals surface area contributed by atoms with Crippen molar-refractivity contribution in [2.24, 2.45) is 0 Å². The van der Waals surface area contributed by atoms with E-state index in [1.165, 1.54) is 5.56 Å². The van der Waals surface area contributed by atoms with Crippen molar-refractivity contribution in [3.8, 4) is 11.4 Å². The quantitative estimate of drug-likeness (QED) is 0.676. The van der Waals surface area contributed by atoms with Gasteiger partial charge in [0.1, 0.15) is 5.75 Å². The largest absolute Gasteiger partial charge is 0.497 e. The minimum atomic E-state index is 0.672. The van der Waals surface area contributed by atoms with Crippen LogP contribution in [0.1, 0.15) is 5.56 Å². The van der Waals surface area contributed by atoms with E-state index in [0.29, 0.717) is 4.77 Å². The van der Waals surface area contributed by atoms with Gasteiger partial charge in [-0.2, -0.15) is 0 Å². The molecule has 0 aliphatic rings. The number of aryl methyl sites for hydroxylation is 1. The van der Waals surface area contributed by atoms with Crippen molar-refractivity contribution in [2.45, 2.75) is 6.92 Å². The summed E-state index contributed by atoms with van der Waals surface area (Å²) in [5.74, 6) is 0.812. The minimum Gasteiger partial charge on any atom is -0.497 e. The number of nitrogens with one attached hydrogen (secondary N) is 1. The van der Waals surface area contributed by atoms with Gasteiger partial charge in [0.2, 0.25) is 0 Å². The maximum atomic E-state index is 5.45. The molecule has 2 aromatic carbocycles. The predicted octanol–water partition coefficient (Wildman–Crippen LogP) is 4.77. The van der Waals surface area contributed by atoms with Crippen LogP contribution in [-0.4, -0.2) is 16.7 Å². The van der Waals surface area contributed by atoms with Gasteiger partial charge in [0.05, 0.1) is 18.1 Å². The summed E-state index contributed by atoms with van der Waals surface area (Å²) in [6, 6.07) is 12.1. The third-order valence-corrected chi connectivity index (χ3v) is 3.92. The molecule has 0 aliphatic heterocycles. The van der Waals surface area contributed by atoms with Gasteiger partial charge in [-0.15, -0.1) is 0 Å². The molecule has 5 heteroatoms. The number of rotatable bonds is 2. The molecule has 0 atom stereocenters. The molecule has 0 spiro atoms. The number of hydrogen-bond acceptors (Lipinski definition) is 2. The normalized spacial score (nSPS) is 10.9. The van der Waals surface area contributed by atoms with E-state index in [-0.39, 0.29) is 0 Å². The smallest absolute Gasteiger partial charge is 0.182 e. The summed E-state index contributed by atoms with van der Waals surface area (Å²) < 4.78 is 9.02. The summed E-state index contributed by atoms with van der Waals surface area (Å²) in [5, 5.41) is 0. The number of fused-ring (bicyclic) bond motifs is 1. The maximum Gasteiger partial charge on any atom is 0.182 e. The number of nitrogens with zero attached hydrogens (tertiary/aromatic N) is 1. The molecule has 0 amide bonds. The SMILES string of the molecule is COc1ccc2[nH]c(=S)n(-c3cc(C)cc(Br)c3)c2c1. The van der Waals surface area contributed by atoms with Gasteiger partial charge in [0.25, 0.3) is 0 Å². The zero-order valence-electron chi connectivity index (χ0n) is 11.1. The first kappa shape index (κ1) is 13.4. The first-order valence-corrected chi connectivity index (χ1v) is 7.35. The highest BCUT2D eigenvalue weighted by Crippen LogP contribution is 2.26.